The second-order valence-electron chi connectivity index (χ2n) is 9.37. The summed E-state index contributed by atoms with van der Waals surface area (Å²) in [4.78, 5) is 9.81. The maximum absolute atomic E-state index is 14.7. The molecule has 4 heteroatoms. The van der Waals surface area contributed by atoms with Gasteiger partial charge in [0.15, 0.2) is 7.14 Å². The first-order valence-electron chi connectivity index (χ1n) is 12.6. The highest BCUT2D eigenvalue weighted by molar-refractivity contribution is 7.85. The summed E-state index contributed by atoms with van der Waals surface area (Å²) in [5.74, 6) is 0. The summed E-state index contributed by atoms with van der Waals surface area (Å²) in [6, 6.07) is 44.2. The van der Waals surface area contributed by atoms with Crippen LogP contribution in [-0.2, 0) is 4.57 Å². The summed E-state index contributed by atoms with van der Waals surface area (Å²) in [5, 5.41) is 6.99. The Kier molecular flexibility index (Phi) is 5.39. The molecule has 0 N–H and O–H groups in total. The van der Waals surface area contributed by atoms with Gasteiger partial charge in [-0.25, -0.2) is 4.98 Å². The van der Waals surface area contributed by atoms with Crippen LogP contribution in [0.5, 0.6) is 0 Å². The highest BCUT2D eigenvalue weighted by Crippen LogP contribution is 2.42. The molecule has 0 unspecified atom stereocenters. The molecule has 7 rings (SSSR count). The Bertz CT molecular complexity index is 1910. The van der Waals surface area contributed by atoms with Gasteiger partial charge in [-0.15, -0.1) is 0 Å². The van der Waals surface area contributed by atoms with E-state index in [1.165, 1.54) is 10.8 Å². The molecule has 2 aromatic heterocycles. The first kappa shape index (κ1) is 22.6. The van der Waals surface area contributed by atoms with Crippen LogP contribution in [0.15, 0.2) is 140 Å². The molecule has 0 saturated carbocycles. The number of hydrogen-bond donors (Lipinski definition) is 0. The van der Waals surface area contributed by atoms with Gasteiger partial charge >= 0.3 is 0 Å². The van der Waals surface area contributed by atoms with E-state index < -0.39 is 7.14 Å². The monoisotopic (exact) mass is 506 g/mol. The highest BCUT2D eigenvalue weighted by atomic mass is 31.2. The lowest BCUT2D eigenvalue weighted by Crippen LogP contribution is -2.24. The Balaban J connectivity index is 1.38. The van der Waals surface area contributed by atoms with Crippen LogP contribution in [0.25, 0.3) is 43.8 Å². The van der Waals surface area contributed by atoms with Crippen molar-refractivity contribution in [3.63, 3.8) is 0 Å². The van der Waals surface area contributed by atoms with Crippen molar-refractivity contribution in [2.24, 2.45) is 0 Å². The third-order valence-corrected chi connectivity index (χ3v) is 10.3. The van der Waals surface area contributed by atoms with E-state index in [9.17, 15) is 4.57 Å². The third-order valence-electron chi connectivity index (χ3n) is 7.20. The summed E-state index contributed by atoms with van der Waals surface area (Å²) >= 11 is 0. The fourth-order valence-corrected chi connectivity index (χ4v) is 7.99. The van der Waals surface area contributed by atoms with Gasteiger partial charge in [0, 0.05) is 38.4 Å². The van der Waals surface area contributed by atoms with Crippen molar-refractivity contribution >= 4 is 55.6 Å². The van der Waals surface area contributed by atoms with E-state index in [2.05, 4.69) is 42.5 Å². The zero-order valence-corrected chi connectivity index (χ0v) is 21.4. The number of fused-ring (bicyclic) bond motifs is 6. The van der Waals surface area contributed by atoms with Gasteiger partial charge in [0.1, 0.15) is 0 Å². The number of aromatic nitrogens is 2. The van der Waals surface area contributed by atoms with Crippen molar-refractivity contribution in [2.75, 3.05) is 0 Å². The predicted octanol–water partition coefficient (Wildman–Crippen LogP) is 7.24. The van der Waals surface area contributed by atoms with Crippen molar-refractivity contribution in [2.45, 2.75) is 0 Å². The van der Waals surface area contributed by atoms with Crippen molar-refractivity contribution in [3.05, 3.63) is 140 Å². The van der Waals surface area contributed by atoms with Gasteiger partial charge in [0.25, 0.3) is 0 Å². The van der Waals surface area contributed by atoms with Gasteiger partial charge in [0.05, 0.1) is 16.7 Å². The summed E-state index contributed by atoms with van der Waals surface area (Å²) < 4.78 is 14.7. The lowest BCUT2D eigenvalue weighted by atomic mass is 9.99. The molecule has 0 amide bonds. The van der Waals surface area contributed by atoms with E-state index >= 15 is 0 Å². The van der Waals surface area contributed by atoms with Crippen LogP contribution in [0.2, 0.25) is 0 Å². The van der Waals surface area contributed by atoms with Crippen LogP contribution in [-0.4, -0.2) is 9.97 Å². The third kappa shape index (κ3) is 3.55. The Morgan fingerprint density at radius 1 is 0.447 bits per heavy atom. The first-order valence-corrected chi connectivity index (χ1v) is 14.3. The summed E-state index contributed by atoms with van der Waals surface area (Å²) in [5.41, 5.74) is 3.62. The molecule has 5 aromatic carbocycles. The number of rotatable bonds is 4. The van der Waals surface area contributed by atoms with Crippen LogP contribution in [0, 0.1) is 0 Å². The van der Waals surface area contributed by atoms with Gasteiger partial charge in [-0.2, -0.15) is 0 Å². The molecule has 0 aliphatic carbocycles. The molecule has 3 nitrogen and oxygen atoms in total. The molecule has 180 valence electrons. The largest absolute Gasteiger partial charge is 0.309 e. The quantitative estimate of drug-likeness (QED) is 0.187. The second kappa shape index (κ2) is 9.06. The van der Waals surface area contributed by atoms with E-state index in [1.807, 2.05) is 97.2 Å². The van der Waals surface area contributed by atoms with Gasteiger partial charge < -0.3 is 4.57 Å². The molecular formula is C34H23N2OP. The first-order chi connectivity index (χ1) is 18.7. The minimum absolute atomic E-state index is 0.803. The fraction of sp³-hybridized carbons (Fsp3) is 0. The number of pyridine rings is 2. The maximum Gasteiger partial charge on any atom is 0.171 e. The number of hydrogen-bond acceptors (Lipinski definition) is 3. The van der Waals surface area contributed by atoms with Gasteiger partial charge in [-0.05, 0) is 29.0 Å². The van der Waals surface area contributed by atoms with Gasteiger partial charge in [0.2, 0.25) is 0 Å². The van der Waals surface area contributed by atoms with Crippen LogP contribution in [0.1, 0.15) is 0 Å². The summed E-state index contributed by atoms with van der Waals surface area (Å²) in [6.07, 6.45) is 1.82. The van der Waals surface area contributed by atoms with Crippen molar-refractivity contribution < 1.29 is 4.57 Å². The van der Waals surface area contributed by atoms with E-state index in [0.717, 1.165) is 49.0 Å². The highest BCUT2D eigenvalue weighted by Gasteiger charge is 2.29. The van der Waals surface area contributed by atoms with Gasteiger partial charge in [-0.3, -0.25) is 4.98 Å². The molecular weight excluding hydrogens is 483 g/mol. The molecule has 0 aliphatic rings. The fourth-order valence-electron chi connectivity index (χ4n) is 5.35. The Labute approximate surface area is 220 Å². The van der Waals surface area contributed by atoms with Gasteiger partial charge in [-0.1, -0.05) is 115 Å². The number of nitrogens with zero attached hydrogens (tertiary/aromatic N) is 2. The molecule has 0 radical (unpaired) electrons. The summed E-state index contributed by atoms with van der Waals surface area (Å²) in [6.45, 7) is 0. The molecule has 0 aliphatic heterocycles. The average molecular weight is 507 g/mol. The smallest absolute Gasteiger partial charge is 0.171 e. The molecule has 38 heavy (non-hydrogen) atoms. The molecule has 7 aromatic rings. The second-order valence-corrected chi connectivity index (χ2v) is 12.1. The maximum atomic E-state index is 14.7. The topological polar surface area (TPSA) is 42.9 Å². The SMILES string of the molecule is O=P(c1ccccc1)(c1ccccc1)c1ccc(-c2ccc3c4ccccc4c4cccnc4c3n2)cc1. The zero-order valence-electron chi connectivity index (χ0n) is 20.5. The van der Waals surface area contributed by atoms with Crippen LogP contribution < -0.4 is 15.9 Å². The van der Waals surface area contributed by atoms with Crippen LogP contribution >= 0.6 is 7.14 Å². The van der Waals surface area contributed by atoms with Crippen molar-refractivity contribution in [3.8, 4) is 11.3 Å². The Morgan fingerprint density at radius 3 is 1.61 bits per heavy atom. The average Bonchev–Trinajstić information content (AvgIpc) is 3.01. The van der Waals surface area contributed by atoms with E-state index in [0.29, 0.717) is 0 Å². The predicted molar refractivity (Wildman–Crippen MR) is 159 cm³/mol. The minimum Gasteiger partial charge on any atom is -0.309 e. The van der Waals surface area contributed by atoms with E-state index in [4.69, 9.17) is 9.97 Å². The van der Waals surface area contributed by atoms with E-state index in [-0.39, 0.29) is 0 Å². The number of benzene rings is 5. The van der Waals surface area contributed by atoms with Crippen LogP contribution in [0.4, 0.5) is 0 Å². The summed E-state index contributed by atoms with van der Waals surface area (Å²) in [7, 11) is -3.02. The molecule has 0 saturated heterocycles. The van der Waals surface area contributed by atoms with Crippen LogP contribution in [0.3, 0.4) is 0 Å². The molecule has 0 spiro atoms. The lowest BCUT2D eigenvalue weighted by molar-refractivity contribution is 0.592. The molecule has 2 heterocycles. The Hall–Kier alpha value is -4.59. The standard InChI is InChI=1S/C34H23N2OP/c37-38(25-10-3-1-4-11-25,26-12-5-2-6-13-26)27-19-17-24(18-20-27)32-22-21-31-29-15-8-7-14-28(29)30-16-9-23-35-33(30)34(31)36-32/h1-23H. The Morgan fingerprint density at radius 2 is 0.974 bits per heavy atom. The molecule has 0 fully saturated rings. The molecule has 0 bridgehead atoms. The van der Waals surface area contributed by atoms with E-state index in [1.54, 1.807) is 0 Å². The minimum atomic E-state index is -3.02. The van der Waals surface area contributed by atoms with Crippen molar-refractivity contribution in [1.29, 1.82) is 0 Å². The van der Waals surface area contributed by atoms with Crippen molar-refractivity contribution in [1.82, 2.24) is 9.97 Å². The normalized spacial score (nSPS) is 11.8. The zero-order chi connectivity index (χ0) is 25.5. The molecule has 0 atom stereocenters. The lowest BCUT2D eigenvalue weighted by Gasteiger charge is -2.20.